The predicted octanol–water partition coefficient (Wildman–Crippen LogP) is 1.47. The molecule has 19 heavy (non-hydrogen) atoms. The number of halogens is 3. The second kappa shape index (κ2) is 2.06. The van der Waals surface area contributed by atoms with Crippen molar-refractivity contribution in [1.82, 2.24) is 9.97 Å². The van der Waals surface area contributed by atoms with Crippen molar-refractivity contribution in [3.05, 3.63) is 28.9 Å². The third-order valence-electron chi connectivity index (χ3n) is 6.65. The highest BCUT2D eigenvalue weighted by atomic mass is 19.4. The Bertz CT molecular complexity index is 720. The van der Waals surface area contributed by atoms with Gasteiger partial charge in [0, 0.05) is 17.5 Å². The van der Waals surface area contributed by atoms with Crippen LogP contribution in [-0.2, 0) is 11.6 Å². The highest BCUT2D eigenvalue weighted by molar-refractivity contribution is 5.82. The molecule has 0 spiro atoms. The minimum absolute atomic E-state index is 0.0753. The Morgan fingerprint density at radius 3 is 2.47 bits per heavy atom. The second-order valence-electron chi connectivity index (χ2n) is 6.53. The number of hydrogen-bond acceptors (Lipinski definition) is 2. The maximum Gasteiger partial charge on any atom is 0.434 e. The summed E-state index contributed by atoms with van der Waals surface area (Å²) in [6.07, 6.45) is -3.40. The minimum atomic E-state index is -4.38. The molecule has 7 rings (SSSR count). The summed E-state index contributed by atoms with van der Waals surface area (Å²) in [5, 5.41) is 9.48. The van der Waals surface area contributed by atoms with Gasteiger partial charge in [0.2, 0.25) is 0 Å². The van der Waals surface area contributed by atoms with E-state index in [4.69, 9.17) is 0 Å². The zero-order chi connectivity index (χ0) is 12.9. The van der Waals surface area contributed by atoms with Gasteiger partial charge in [-0.05, 0) is 17.8 Å². The number of rotatable bonds is 2. The number of nitrogens with one attached hydrogen (secondary N) is 1. The molecule has 0 aliphatic heterocycles. The topological polar surface area (TPSA) is 48.9 Å². The van der Waals surface area contributed by atoms with E-state index in [2.05, 4.69) is 9.97 Å². The fourth-order valence-corrected chi connectivity index (χ4v) is 6.31. The number of allylic oxidation sites excluding steroid dienone is 1. The molecule has 98 valence electrons. The third-order valence-corrected chi connectivity index (χ3v) is 6.65. The van der Waals surface area contributed by atoms with Crippen LogP contribution < -0.4 is 0 Å². The van der Waals surface area contributed by atoms with Gasteiger partial charge in [0.05, 0.1) is 12.0 Å². The lowest BCUT2D eigenvalue weighted by molar-refractivity contribution is -0.418. The van der Waals surface area contributed by atoms with Gasteiger partial charge in [-0.3, -0.25) is 0 Å². The first-order valence-corrected chi connectivity index (χ1v) is 6.49. The van der Waals surface area contributed by atoms with E-state index in [-0.39, 0.29) is 17.4 Å². The summed E-state index contributed by atoms with van der Waals surface area (Å²) in [6.45, 7) is 0.218. The summed E-state index contributed by atoms with van der Waals surface area (Å²) in [6, 6.07) is 0. The van der Waals surface area contributed by atoms with Crippen LogP contribution in [-0.4, -0.2) is 21.7 Å². The zero-order valence-electron chi connectivity index (χ0n) is 9.62. The molecule has 1 aromatic rings. The molecule has 1 heterocycles. The maximum atomic E-state index is 12.6. The minimum Gasteiger partial charge on any atom is -0.395 e. The van der Waals surface area contributed by atoms with Crippen molar-refractivity contribution in [2.24, 2.45) is 29.1 Å². The summed E-state index contributed by atoms with van der Waals surface area (Å²) in [5.41, 5.74) is 1.75. The fourth-order valence-electron chi connectivity index (χ4n) is 6.31. The lowest BCUT2D eigenvalue weighted by atomic mass is 8.98. The number of imidazole rings is 1. The molecule has 2 N–H and O–H groups in total. The first-order chi connectivity index (χ1) is 9.00. The molecule has 4 fully saturated rings. The quantitative estimate of drug-likeness (QED) is 0.796. The van der Waals surface area contributed by atoms with E-state index in [0.29, 0.717) is 29.5 Å². The Balaban J connectivity index is 1.47. The van der Waals surface area contributed by atoms with Crippen LogP contribution in [0.25, 0.3) is 0 Å². The molecule has 4 saturated carbocycles. The smallest absolute Gasteiger partial charge is 0.395 e. The maximum absolute atomic E-state index is 12.6. The van der Waals surface area contributed by atoms with Crippen LogP contribution in [0.2, 0.25) is 0 Å². The van der Waals surface area contributed by atoms with Gasteiger partial charge in [-0.1, -0.05) is 11.1 Å². The van der Waals surface area contributed by atoms with Gasteiger partial charge in [0.1, 0.15) is 5.82 Å². The Labute approximate surface area is 105 Å². The normalized spacial score (nSPS) is 53.7. The van der Waals surface area contributed by atoms with E-state index in [1.54, 1.807) is 0 Å². The van der Waals surface area contributed by atoms with Crippen molar-refractivity contribution in [2.75, 3.05) is 6.61 Å². The van der Waals surface area contributed by atoms with Gasteiger partial charge in [-0.15, -0.1) is 0 Å². The van der Waals surface area contributed by atoms with Gasteiger partial charge in [0.25, 0.3) is 0 Å². The van der Waals surface area contributed by atoms with E-state index < -0.39 is 11.9 Å². The molecule has 6 aliphatic rings. The van der Waals surface area contributed by atoms with Crippen LogP contribution in [0.1, 0.15) is 11.5 Å². The summed E-state index contributed by atoms with van der Waals surface area (Å²) in [5.74, 6) is 2.32. The van der Waals surface area contributed by atoms with Crippen LogP contribution in [0.15, 0.2) is 17.3 Å². The van der Waals surface area contributed by atoms with Crippen LogP contribution in [0.3, 0.4) is 0 Å². The Morgan fingerprint density at radius 2 is 2.05 bits per heavy atom. The van der Waals surface area contributed by atoms with Crippen LogP contribution in [0.4, 0.5) is 13.2 Å². The number of H-pyrrole nitrogens is 1. The number of aromatic amines is 1. The number of alkyl halides is 3. The van der Waals surface area contributed by atoms with Crippen molar-refractivity contribution >= 4 is 0 Å². The molecule has 0 saturated heterocycles. The molecule has 0 aromatic carbocycles. The first kappa shape index (κ1) is 9.58. The fraction of sp³-hybridized carbons (Fsp3) is 0.615. The van der Waals surface area contributed by atoms with Gasteiger partial charge in [-0.25, -0.2) is 4.98 Å². The van der Waals surface area contributed by atoms with Crippen molar-refractivity contribution in [3.8, 4) is 0 Å². The van der Waals surface area contributed by atoms with E-state index in [1.807, 2.05) is 0 Å². The van der Waals surface area contributed by atoms with Gasteiger partial charge < -0.3 is 10.1 Å². The molecule has 6 aliphatic carbocycles. The second-order valence-corrected chi connectivity index (χ2v) is 6.53. The first-order valence-electron chi connectivity index (χ1n) is 6.49. The van der Waals surface area contributed by atoms with E-state index in [1.165, 1.54) is 11.1 Å². The van der Waals surface area contributed by atoms with Gasteiger partial charge >= 0.3 is 6.18 Å². The van der Waals surface area contributed by atoms with Crippen molar-refractivity contribution in [3.63, 3.8) is 0 Å². The average Bonchev–Trinajstić information content (AvgIpc) is 2.87. The summed E-state index contributed by atoms with van der Waals surface area (Å²) < 4.78 is 37.8. The standard InChI is InChI=1S/C13H9F3N2O/c14-13(15,16)3-1-17-10(18-3)12-7-4-8(12)6-9(12)5(7)11(4,6)2-19/h1,4-5,7-8,19H,2H2,(H,17,18). The molecule has 0 bridgehead atoms. The van der Waals surface area contributed by atoms with Gasteiger partial charge in [0.15, 0.2) is 5.69 Å². The molecular weight excluding hydrogens is 257 g/mol. The Morgan fingerprint density at radius 1 is 1.26 bits per heavy atom. The summed E-state index contributed by atoms with van der Waals surface area (Å²) >= 11 is 0. The van der Waals surface area contributed by atoms with E-state index in [9.17, 15) is 18.3 Å². The molecule has 6 atom stereocenters. The highest BCUT2D eigenvalue weighted by Gasteiger charge is 3.05. The predicted molar refractivity (Wildman–Crippen MR) is 55.8 cm³/mol. The third kappa shape index (κ3) is 0.528. The Kier molecular flexibility index (Phi) is 1.04. The zero-order valence-corrected chi connectivity index (χ0v) is 9.62. The molecule has 3 nitrogen and oxygen atoms in total. The molecule has 6 heteroatoms. The lowest BCUT2D eigenvalue weighted by Crippen LogP contribution is -3.03. The van der Waals surface area contributed by atoms with Crippen LogP contribution in [0.5, 0.6) is 0 Å². The number of nitrogens with zero attached hydrogens (tertiary/aromatic N) is 1. The molecule has 0 amide bonds. The molecule has 1 aromatic heterocycles. The molecule has 0 radical (unpaired) electrons. The monoisotopic (exact) mass is 266 g/mol. The van der Waals surface area contributed by atoms with E-state index >= 15 is 0 Å². The SMILES string of the molecule is OCC12C3=C4C1C1C2C3C41c1nc(C(F)(F)F)c[nH]1. The summed E-state index contributed by atoms with van der Waals surface area (Å²) in [7, 11) is 0. The van der Waals surface area contributed by atoms with Gasteiger partial charge in [-0.2, -0.15) is 13.2 Å². The van der Waals surface area contributed by atoms with Crippen molar-refractivity contribution in [2.45, 2.75) is 11.6 Å². The largest absolute Gasteiger partial charge is 0.434 e. The number of aliphatic hydroxyl groups excluding tert-OH is 1. The molecule has 6 unspecified atom stereocenters. The lowest BCUT2D eigenvalue weighted by Gasteiger charge is -3.04. The van der Waals surface area contributed by atoms with Crippen LogP contribution in [0, 0.1) is 29.1 Å². The number of aliphatic hydroxyl groups is 1. The van der Waals surface area contributed by atoms with Crippen LogP contribution >= 0.6 is 0 Å². The number of aromatic nitrogens is 2. The summed E-state index contributed by atoms with van der Waals surface area (Å²) in [4.78, 5) is 6.55. The van der Waals surface area contributed by atoms with Crippen molar-refractivity contribution < 1.29 is 18.3 Å². The number of hydrogen-bond donors (Lipinski definition) is 2. The molecular formula is C13H9F3N2O. The average molecular weight is 266 g/mol. The highest BCUT2D eigenvalue weighted by Crippen LogP contribution is 3.06. The Hall–Kier alpha value is -1.30. The van der Waals surface area contributed by atoms with Crippen molar-refractivity contribution in [1.29, 1.82) is 0 Å². The van der Waals surface area contributed by atoms with E-state index in [0.717, 1.165) is 6.20 Å².